The number of nitrogens with one attached hydrogen (secondary N) is 1. The standard InChI is InChI=1S/C16H21BrN2O/c17-13-5-3-12(4-6-13)15(7-1-2-8-15)11-19-14(20)16(18)9-10-16/h3-6H,1-2,7-11,18H2,(H,19,20). The molecule has 20 heavy (non-hydrogen) atoms. The van der Waals surface area contributed by atoms with Gasteiger partial charge in [-0.15, -0.1) is 0 Å². The van der Waals surface area contributed by atoms with Gasteiger partial charge in [0.05, 0.1) is 5.54 Å². The molecule has 3 rings (SSSR count). The minimum atomic E-state index is -0.570. The highest BCUT2D eigenvalue weighted by molar-refractivity contribution is 9.10. The highest BCUT2D eigenvalue weighted by Crippen LogP contribution is 2.41. The maximum atomic E-state index is 12.1. The van der Waals surface area contributed by atoms with Crippen molar-refractivity contribution in [2.24, 2.45) is 5.73 Å². The summed E-state index contributed by atoms with van der Waals surface area (Å²) in [4.78, 5) is 12.1. The first-order valence-electron chi connectivity index (χ1n) is 7.37. The van der Waals surface area contributed by atoms with E-state index in [2.05, 4.69) is 45.5 Å². The van der Waals surface area contributed by atoms with Crippen molar-refractivity contribution in [3.05, 3.63) is 34.3 Å². The Morgan fingerprint density at radius 3 is 2.30 bits per heavy atom. The van der Waals surface area contributed by atoms with E-state index in [1.165, 1.54) is 18.4 Å². The van der Waals surface area contributed by atoms with Gasteiger partial charge in [0.2, 0.25) is 5.91 Å². The van der Waals surface area contributed by atoms with Crippen LogP contribution >= 0.6 is 15.9 Å². The van der Waals surface area contributed by atoms with Crippen LogP contribution in [0.4, 0.5) is 0 Å². The van der Waals surface area contributed by atoms with Crippen molar-refractivity contribution in [1.82, 2.24) is 5.32 Å². The Morgan fingerprint density at radius 2 is 1.75 bits per heavy atom. The van der Waals surface area contributed by atoms with Gasteiger partial charge in [0.15, 0.2) is 0 Å². The summed E-state index contributed by atoms with van der Waals surface area (Å²) in [6, 6.07) is 8.53. The summed E-state index contributed by atoms with van der Waals surface area (Å²) >= 11 is 3.48. The molecule has 1 aromatic rings. The molecule has 3 N–H and O–H groups in total. The van der Waals surface area contributed by atoms with E-state index in [0.717, 1.165) is 30.2 Å². The number of halogens is 1. The van der Waals surface area contributed by atoms with Gasteiger partial charge in [-0.05, 0) is 43.4 Å². The van der Waals surface area contributed by atoms with Crippen LogP contribution in [0.15, 0.2) is 28.7 Å². The third kappa shape index (κ3) is 2.63. The van der Waals surface area contributed by atoms with Crippen LogP contribution in [0.2, 0.25) is 0 Å². The Bertz CT molecular complexity index is 502. The van der Waals surface area contributed by atoms with Gasteiger partial charge in [-0.3, -0.25) is 4.79 Å². The molecule has 0 aromatic heterocycles. The quantitative estimate of drug-likeness (QED) is 0.888. The maximum Gasteiger partial charge on any atom is 0.240 e. The predicted octanol–water partition coefficient (Wildman–Crippen LogP) is 2.87. The van der Waals surface area contributed by atoms with Crippen LogP contribution < -0.4 is 11.1 Å². The number of carbonyl (C=O) groups excluding carboxylic acids is 1. The normalized spacial score (nSPS) is 22.5. The average molecular weight is 337 g/mol. The lowest BCUT2D eigenvalue weighted by Gasteiger charge is -2.30. The van der Waals surface area contributed by atoms with Crippen molar-refractivity contribution >= 4 is 21.8 Å². The maximum absolute atomic E-state index is 12.1. The third-order valence-electron chi connectivity index (χ3n) is 4.85. The summed E-state index contributed by atoms with van der Waals surface area (Å²) in [5, 5.41) is 3.11. The number of amides is 1. The van der Waals surface area contributed by atoms with E-state index in [-0.39, 0.29) is 11.3 Å². The summed E-state index contributed by atoms with van der Waals surface area (Å²) in [5.74, 6) is 0.0286. The molecule has 0 atom stereocenters. The van der Waals surface area contributed by atoms with Gasteiger partial charge in [-0.1, -0.05) is 40.9 Å². The molecule has 4 heteroatoms. The molecular weight excluding hydrogens is 316 g/mol. The zero-order chi connectivity index (χ0) is 14.2. The van der Waals surface area contributed by atoms with Crippen molar-refractivity contribution in [1.29, 1.82) is 0 Å². The van der Waals surface area contributed by atoms with Gasteiger partial charge in [-0.2, -0.15) is 0 Å². The Labute approximate surface area is 128 Å². The second-order valence-corrected chi connectivity index (χ2v) is 7.25. The fourth-order valence-corrected chi connectivity index (χ4v) is 3.47. The minimum Gasteiger partial charge on any atom is -0.354 e. The van der Waals surface area contributed by atoms with E-state index in [9.17, 15) is 4.79 Å². The van der Waals surface area contributed by atoms with Crippen LogP contribution in [0.1, 0.15) is 44.1 Å². The van der Waals surface area contributed by atoms with Crippen LogP contribution in [0, 0.1) is 0 Å². The largest absolute Gasteiger partial charge is 0.354 e. The van der Waals surface area contributed by atoms with Crippen molar-refractivity contribution < 1.29 is 4.79 Å². The molecule has 3 nitrogen and oxygen atoms in total. The fourth-order valence-electron chi connectivity index (χ4n) is 3.21. The van der Waals surface area contributed by atoms with Crippen LogP contribution in [-0.4, -0.2) is 18.0 Å². The summed E-state index contributed by atoms with van der Waals surface area (Å²) in [6.45, 7) is 0.715. The van der Waals surface area contributed by atoms with Gasteiger partial charge in [0, 0.05) is 16.4 Å². The van der Waals surface area contributed by atoms with Crippen molar-refractivity contribution in [2.45, 2.75) is 49.5 Å². The Kier molecular flexibility index (Phi) is 3.63. The number of hydrogen-bond donors (Lipinski definition) is 2. The van der Waals surface area contributed by atoms with E-state index in [4.69, 9.17) is 5.73 Å². The topological polar surface area (TPSA) is 55.1 Å². The molecule has 2 fully saturated rings. The van der Waals surface area contributed by atoms with Gasteiger partial charge < -0.3 is 11.1 Å². The van der Waals surface area contributed by atoms with E-state index < -0.39 is 5.54 Å². The lowest BCUT2D eigenvalue weighted by molar-refractivity contribution is -0.123. The number of benzene rings is 1. The highest BCUT2D eigenvalue weighted by atomic mass is 79.9. The molecule has 0 unspecified atom stereocenters. The monoisotopic (exact) mass is 336 g/mol. The molecule has 0 spiro atoms. The number of nitrogens with two attached hydrogens (primary N) is 1. The van der Waals surface area contributed by atoms with Crippen molar-refractivity contribution in [3.63, 3.8) is 0 Å². The van der Waals surface area contributed by atoms with Crippen LogP contribution in [0.5, 0.6) is 0 Å². The van der Waals surface area contributed by atoms with Gasteiger partial charge in [-0.25, -0.2) is 0 Å². The van der Waals surface area contributed by atoms with E-state index in [1.54, 1.807) is 0 Å². The smallest absolute Gasteiger partial charge is 0.240 e. The summed E-state index contributed by atoms with van der Waals surface area (Å²) in [7, 11) is 0. The molecule has 2 aliphatic rings. The summed E-state index contributed by atoms with van der Waals surface area (Å²) in [5.41, 5.74) is 6.82. The molecule has 1 amide bonds. The number of rotatable bonds is 4. The lowest BCUT2D eigenvalue weighted by Crippen LogP contribution is -2.47. The SMILES string of the molecule is NC1(C(=O)NCC2(c3ccc(Br)cc3)CCCC2)CC1. The zero-order valence-corrected chi connectivity index (χ0v) is 13.2. The average Bonchev–Trinajstić information content (AvgIpc) is 3.03. The van der Waals surface area contributed by atoms with Crippen LogP contribution in [0.25, 0.3) is 0 Å². The molecule has 108 valence electrons. The molecule has 0 aliphatic heterocycles. The van der Waals surface area contributed by atoms with Crippen molar-refractivity contribution in [3.8, 4) is 0 Å². The van der Waals surface area contributed by atoms with Gasteiger partial charge >= 0.3 is 0 Å². The summed E-state index contributed by atoms with van der Waals surface area (Å²) in [6.07, 6.45) is 6.41. The fraction of sp³-hybridized carbons (Fsp3) is 0.562. The van der Waals surface area contributed by atoms with Crippen LogP contribution in [0.3, 0.4) is 0 Å². The first-order valence-corrected chi connectivity index (χ1v) is 8.17. The Morgan fingerprint density at radius 1 is 1.15 bits per heavy atom. The second-order valence-electron chi connectivity index (χ2n) is 6.33. The van der Waals surface area contributed by atoms with Gasteiger partial charge in [0.1, 0.15) is 0 Å². The minimum absolute atomic E-state index is 0.0286. The molecule has 2 aliphatic carbocycles. The predicted molar refractivity (Wildman–Crippen MR) is 83.5 cm³/mol. The first kappa shape index (κ1) is 14.1. The van der Waals surface area contributed by atoms with E-state index in [0.29, 0.717) is 6.54 Å². The number of hydrogen-bond acceptors (Lipinski definition) is 2. The molecule has 0 bridgehead atoms. The molecule has 1 aromatic carbocycles. The second kappa shape index (κ2) is 5.15. The Balaban J connectivity index is 1.74. The summed E-state index contributed by atoms with van der Waals surface area (Å²) < 4.78 is 1.09. The molecule has 2 saturated carbocycles. The highest BCUT2D eigenvalue weighted by Gasteiger charge is 2.47. The lowest BCUT2D eigenvalue weighted by atomic mass is 9.79. The first-order chi connectivity index (χ1) is 9.54. The van der Waals surface area contributed by atoms with Crippen molar-refractivity contribution in [2.75, 3.05) is 6.54 Å². The van der Waals surface area contributed by atoms with Gasteiger partial charge in [0.25, 0.3) is 0 Å². The van der Waals surface area contributed by atoms with Crippen LogP contribution in [-0.2, 0) is 10.2 Å². The third-order valence-corrected chi connectivity index (χ3v) is 5.37. The zero-order valence-electron chi connectivity index (χ0n) is 11.6. The number of carbonyl (C=O) groups is 1. The molecule has 0 heterocycles. The van der Waals surface area contributed by atoms with E-state index in [1.807, 2.05) is 0 Å². The van der Waals surface area contributed by atoms with E-state index >= 15 is 0 Å². The Hall–Kier alpha value is -0.870. The molecular formula is C16H21BrN2O. The molecule has 0 radical (unpaired) electrons. The molecule has 0 saturated heterocycles.